The van der Waals surface area contributed by atoms with Crippen molar-refractivity contribution < 1.29 is 9.59 Å². The van der Waals surface area contributed by atoms with Crippen molar-refractivity contribution in [2.75, 3.05) is 38.0 Å². The summed E-state index contributed by atoms with van der Waals surface area (Å²) in [5.74, 6) is 0.885. The average Bonchev–Trinajstić information content (AvgIpc) is 3.35. The third-order valence-corrected chi connectivity index (χ3v) is 7.75. The Kier molecular flexibility index (Phi) is 7.81. The van der Waals surface area contributed by atoms with Crippen LogP contribution in [0, 0.1) is 11.8 Å². The lowest BCUT2D eigenvalue weighted by Gasteiger charge is -2.37. The maximum atomic E-state index is 12.9. The second-order valence-electron chi connectivity index (χ2n) is 9.05. The van der Waals surface area contributed by atoms with E-state index in [9.17, 15) is 9.59 Å². The minimum Gasteiger partial charge on any atom is -0.354 e. The number of nitrogens with one attached hydrogen (secondary N) is 2. The molecule has 7 heteroatoms. The Bertz CT molecular complexity index is 857. The van der Waals surface area contributed by atoms with Crippen molar-refractivity contribution in [1.29, 1.82) is 0 Å². The number of piperidine rings is 2. The molecule has 2 saturated heterocycles. The summed E-state index contributed by atoms with van der Waals surface area (Å²) in [6, 6.07) is 13.9. The van der Waals surface area contributed by atoms with Gasteiger partial charge in [-0.2, -0.15) is 0 Å². The zero-order chi connectivity index (χ0) is 22.3. The number of hydrogen-bond acceptors (Lipinski definition) is 4. The lowest BCUT2D eigenvalue weighted by Crippen LogP contribution is -2.46. The number of para-hydroxylation sites is 1. The van der Waals surface area contributed by atoms with Crippen LogP contribution >= 0.6 is 11.3 Å². The fourth-order valence-electron chi connectivity index (χ4n) is 4.64. The van der Waals surface area contributed by atoms with Gasteiger partial charge in [0.15, 0.2) is 0 Å². The Labute approximate surface area is 195 Å². The molecule has 4 rings (SSSR count). The predicted octanol–water partition coefficient (Wildman–Crippen LogP) is 4.58. The summed E-state index contributed by atoms with van der Waals surface area (Å²) >= 11 is 1.77. The SMILES string of the molecule is CC1CCN(C(CNC(=O)C2CCN(C(=O)Nc3ccccc3)CC2)c2cccs2)CC1. The minimum absolute atomic E-state index is 0.0267. The molecule has 2 aliphatic heterocycles. The molecule has 2 aromatic rings. The Morgan fingerprint density at radius 3 is 2.38 bits per heavy atom. The van der Waals surface area contributed by atoms with Crippen LogP contribution in [0.5, 0.6) is 0 Å². The summed E-state index contributed by atoms with van der Waals surface area (Å²) in [6.45, 7) is 6.38. The molecule has 2 N–H and O–H groups in total. The van der Waals surface area contributed by atoms with Crippen molar-refractivity contribution >= 4 is 29.0 Å². The largest absolute Gasteiger partial charge is 0.354 e. The molecule has 1 atom stereocenters. The Balaban J connectivity index is 1.26. The number of thiophene rings is 1. The summed E-state index contributed by atoms with van der Waals surface area (Å²) in [5, 5.41) is 8.29. The van der Waals surface area contributed by atoms with Crippen molar-refractivity contribution in [2.45, 2.75) is 38.6 Å². The summed E-state index contributed by atoms with van der Waals surface area (Å²) in [4.78, 5) is 31.1. The van der Waals surface area contributed by atoms with Crippen LogP contribution in [0.3, 0.4) is 0 Å². The molecule has 2 fully saturated rings. The van der Waals surface area contributed by atoms with Gasteiger partial charge in [-0.1, -0.05) is 31.2 Å². The van der Waals surface area contributed by atoms with Gasteiger partial charge in [0.05, 0.1) is 6.04 Å². The number of anilines is 1. The number of nitrogens with zero attached hydrogens (tertiary/aromatic N) is 2. The van der Waals surface area contributed by atoms with Gasteiger partial charge in [-0.15, -0.1) is 11.3 Å². The van der Waals surface area contributed by atoms with Crippen molar-refractivity contribution in [3.05, 3.63) is 52.7 Å². The van der Waals surface area contributed by atoms with Gasteiger partial charge in [0.25, 0.3) is 0 Å². The van der Waals surface area contributed by atoms with Crippen molar-refractivity contribution in [1.82, 2.24) is 15.1 Å². The summed E-state index contributed by atoms with van der Waals surface area (Å²) < 4.78 is 0. The van der Waals surface area contributed by atoms with Gasteiger partial charge < -0.3 is 15.5 Å². The number of urea groups is 1. The van der Waals surface area contributed by atoms with Crippen LogP contribution < -0.4 is 10.6 Å². The fourth-order valence-corrected chi connectivity index (χ4v) is 5.50. The van der Waals surface area contributed by atoms with Gasteiger partial charge in [-0.3, -0.25) is 9.69 Å². The summed E-state index contributed by atoms with van der Waals surface area (Å²) in [6.07, 6.45) is 3.86. The molecule has 32 heavy (non-hydrogen) atoms. The molecule has 1 aromatic carbocycles. The molecule has 0 radical (unpaired) electrons. The lowest BCUT2D eigenvalue weighted by atomic mass is 9.95. The molecule has 172 valence electrons. The quantitative estimate of drug-likeness (QED) is 0.671. The Morgan fingerprint density at radius 2 is 1.72 bits per heavy atom. The molecule has 0 saturated carbocycles. The Hall–Kier alpha value is -2.38. The third-order valence-electron chi connectivity index (χ3n) is 6.78. The van der Waals surface area contributed by atoms with Crippen molar-refractivity contribution in [2.24, 2.45) is 11.8 Å². The number of carbonyl (C=O) groups excluding carboxylic acids is 2. The highest BCUT2D eigenvalue weighted by Gasteiger charge is 2.30. The zero-order valence-corrected chi connectivity index (χ0v) is 19.7. The van der Waals surface area contributed by atoms with E-state index in [4.69, 9.17) is 0 Å². The average molecular weight is 455 g/mol. The Morgan fingerprint density at radius 1 is 1.00 bits per heavy atom. The standard InChI is InChI=1S/C25H34N4O2S/c1-19-9-13-28(14-10-19)22(23-8-5-17-32-23)18-26-24(30)20-11-15-29(16-12-20)25(31)27-21-6-3-2-4-7-21/h2-8,17,19-20,22H,9-16,18H2,1H3,(H,26,30)(H,27,31). The molecule has 1 aromatic heterocycles. The van der Waals surface area contributed by atoms with Gasteiger partial charge in [0, 0.05) is 36.1 Å². The van der Waals surface area contributed by atoms with Gasteiger partial charge in [-0.25, -0.2) is 4.79 Å². The normalized spacial score (nSPS) is 19.5. The number of rotatable bonds is 6. The minimum atomic E-state index is -0.0906. The first-order valence-corrected chi connectivity index (χ1v) is 12.6. The number of benzene rings is 1. The van der Waals surface area contributed by atoms with Gasteiger partial charge in [0.1, 0.15) is 0 Å². The van der Waals surface area contributed by atoms with Crippen LogP contribution in [-0.4, -0.2) is 54.5 Å². The van der Waals surface area contributed by atoms with Crippen LogP contribution in [-0.2, 0) is 4.79 Å². The van der Waals surface area contributed by atoms with E-state index in [0.717, 1.165) is 24.7 Å². The molecule has 1 unspecified atom stereocenters. The second-order valence-corrected chi connectivity index (χ2v) is 10.0. The molecule has 3 amide bonds. The van der Waals surface area contributed by atoms with Crippen molar-refractivity contribution in [3.63, 3.8) is 0 Å². The maximum absolute atomic E-state index is 12.9. The van der Waals surface area contributed by atoms with Crippen LogP contribution in [0.4, 0.5) is 10.5 Å². The first-order chi connectivity index (χ1) is 15.6. The molecule has 3 heterocycles. The number of hydrogen-bond donors (Lipinski definition) is 2. The molecule has 6 nitrogen and oxygen atoms in total. The molecule has 0 aliphatic carbocycles. The smallest absolute Gasteiger partial charge is 0.321 e. The van der Waals surface area contributed by atoms with Crippen LogP contribution in [0.15, 0.2) is 47.8 Å². The maximum Gasteiger partial charge on any atom is 0.321 e. The first-order valence-electron chi connectivity index (χ1n) is 11.8. The van der Waals surface area contributed by atoms with E-state index in [-0.39, 0.29) is 23.9 Å². The number of carbonyl (C=O) groups is 2. The zero-order valence-electron chi connectivity index (χ0n) is 18.8. The lowest BCUT2D eigenvalue weighted by molar-refractivity contribution is -0.126. The van der Waals surface area contributed by atoms with Gasteiger partial charge in [-0.05, 0) is 68.3 Å². The second kappa shape index (κ2) is 11.0. The molecular weight excluding hydrogens is 420 g/mol. The monoisotopic (exact) mass is 454 g/mol. The number of amides is 3. The fraction of sp³-hybridized carbons (Fsp3) is 0.520. The summed E-state index contributed by atoms with van der Waals surface area (Å²) in [7, 11) is 0. The predicted molar refractivity (Wildman–Crippen MR) is 130 cm³/mol. The topological polar surface area (TPSA) is 64.7 Å². The van der Waals surface area contributed by atoms with Crippen LogP contribution in [0.25, 0.3) is 0 Å². The van der Waals surface area contributed by atoms with Gasteiger partial charge in [0.2, 0.25) is 5.91 Å². The summed E-state index contributed by atoms with van der Waals surface area (Å²) in [5.41, 5.74) is 0.795. The highest BCUT2D eigenvalue weighted by Crippen LogP contribution is 2.29. The molecule has 2 aliphatic rings. The van der Waals surface area contributed by atoms with Crippen LogP contribution in [0.1, 0.15) is 43.5 Å². The van der Waals surface area contributed by atoms with E-state index >= 15 is 0 Å². The van der Waals surface area contributed by atoms with E-state index < -0.39 is 0 Å². The number of likely N-dealkylation sites (tertiary alicyclic amines) is 2. The molecular formula is C25H34N4O2S. The highest BCUT2D eigenvalue weighted by atomic mass is 32.1. The molecule has 0 bridgehead atoms. The van der Waals surface area contributed by atoms with E-state index in [0.29, 0.717) is 32.5 Å². The van der Waals surface area contributed by atoms with Crippen LogP contribution in [0.2, 0.25) is 0 Å². The van der Waals surface area contributed by atoms with E-state index in [1.807, 2.05) is 30.3 Å². The first kappa shape index (κ1) is 22.8. The molecule has 0 spiro atoms. The van der Waals surface area contributed by atoms with E-state index in [1.54, 1.807) is 16.2 Å². The van der Waals surface area contributed by atoms with E-state index in [2.05, 4.69) is 40.0 Å². The third kappa shape index (κ3) is 5.90. The van der Waals surface area contributed by atoms with E-state index in [1.165, 1.54) is 17.7 Å². The van der Waals surface area contributed by atoms with Gasteiger partial charge >= 0.3 is 6.03 Å². The highest BCUT2D eigenvalue weighted by molar-refractivity contribution is 7.10. The van der Waals surface area contributed by atoms with Crippen molar-refractivity contribution in [3.8, 4) is 0 Å².